The van der Waals surface area contributed by atoms with Gasteiger partial charge in [-0.25, -0.2) is 9.18 Å². The van der Waals surface area contributed by atoms with Crippen molar-refractivity contribution >= 4 is 28.6 Å². The first-order valence-electron chi connectivity index (χ1n) is 5.30. The van der Waals surface area contributed by atoms with E-state index in [4.69, 9.17) is 4.74 Å². The Morgan fingerprint density at radius 3 is 2.72 bits per heavy atom. The Labute approximate surface area is 117 Å². The summed E-state index contributed by atoms with van der Waals surface area (Å²) in [5, 5.41) is 6.71. The Morgan fingerprint density at radius 2 is 2.11 bits per heavy atom. The van der Waals surface area contributed by atoms with Gasteiger partial charge in [0.15, 0.2) is 5.69 Å². The molecule has 0 bridgehead atoms. The summed E-state index contributed by atoms with van der Waals surface area (Å²) in [6, 6.07) is 5.93. The molecule has 0 aliphatic rings. The molecule has 0 spiro atoms. The summed E-state index contributed by atoms with van der Waals surface area (Å²) in [6.45, 7) is 2.04. The number of carbonyl (C=O) groups excluding carboxylic acids is 1. The zero-order chi connectivity index (χ0) is 13.1. The zero-order valence-corrected chi connectivity index (χ0v) is 11.7. The first-order chi connectivity index (χ1) is 8.63. The first-order valence-corrected chi connectivity index (χ1v) is 6.38. The van der Waals surface area contributed by atoms with E-state index in [1.165, 1.54) is 12.1 Å². The van der Waals surface area contributed by atoms with E-state index in [9.17, 15) is 9.18 Å². The normalized spacial score (nSPS) is 10.4. The van der Waals surface area contributed by atoms with Gasteiger partial charge in [-0.2, -0.15) is 5.10 Å². The van der Waals surface area contributed by atoms with Crippen LogP contribution in [0.3, 0.4) is 0 Å². The highest BCUT2D eigenvalue weighted by Crippen LogP contribution is 2.25. The number of aromatic nitrogens is 2. The number of nitrogens with one attached hydrogen (secondary N) is 1. The molecule has 18 heavy (non-hydrogen) atoms. The maximum atomic E-state index is 12.8. The van der Waals surface area contributed by atoms with E-state index in [2.05, 4.69) is 10.2 Å². The summed E-state index contributed by atoms with van der Waals surface area (Å²) < 4.78 is 18.4. The van der Waals surface area contributed by atoms with E-state index in [0.717, 1.165) is 5.56 Å². The number of carbonyl (C=O) groups is 1. The van der Waals surface area contributed by atoms with Gasteiger partial charge in [0.05, 0.1) is 10.2 Å². The fraction of sp³-hybridized carbons (Fsp3) is 0.167. The third-order valence-electron chi connectivity index (χ3n) is 2.30. The lowest BCUT2D eigenvalue weighted by molar-refractivity contribution is 0.0518. The smallest absolute Gasteiger partial charge is 0.357 e. The van der Waals surface area contributed by atoms with Crippen LogP contribution in [0.15, 0.2) is 24.3 Å². The van der Waals surface area contributed by atoms with Crippen LogP contribution in [-0.4, -0.2) is 22.8 Å². The molecule has 2 rings (SSSR count). The average molecular weight is 360 g/mol. The molecule has 0 aliphatic heterocycles. The molecule has 0 fully saturated rings. The molecular formula is C12H10FIN2O2. The van der Waals surface area contributed by atoms with Crippen molar-refractivity contribution in [3.8, 4) is 11.3 Å². The fourth-order valence-electron chi connectivity index (χ4n) is 1.47. The Hall–Kier alpha value is -1.44. The summed E-state index contributed by atoms with van der Waals surface area (Å²) in [4.78, 5) is 11.6. The van der Waals surface area contributed by atoms with Crippen LogP contribution in [0.2, 0.25) is 0 Å². The minimum absolute atomic E-state index is 0.305. The molecule has 0 atom stereocenters. The molecule has 1 heterocycles. The number of esters is 1. The molecule has 4 nitrogen and oxygen atoms in total. The SMILES string of the molecule is CCOC(=O)c1[nH]nc(-c2ccc(F)cc2)c1I. The quantitative estimate of drug-likeness (QED) is 0.676. The van der Waals surface area contributed by atoms with E-state index in [0.29, 0.717) is 21.6 Å². The summed E-state index contributed by atoms with van der Waals surface area (Å²) in [7, 11) is 0. The molecule has 1 aromatic heterocycles. The van der Waals surface area contributed by atoms with Gasteiger partial charge in [-0.3, -0.25) is 5.10 Å². The highest BCUT2D eigenvalue weighted by molar-refractivity contribution is 14.1. The van der Waals surface area contributed by atoms with Crippen LogP contribution in [0, 0.1) is 9.39 Å². The molecule has 94 valence electrons. The van der Waals surface area contributed by atoms with Gasteiger partial charge in [0.2, 0.25) is 0 Å². The molecule has 0 unspecified atom stereocenters. The monoisotopic (exact) mass is 360 g/mol. The summed E-state index contributed by atoms with van der Waals surface area (Å²) >= 11 is 2.01. The number of aromatic amines is 1. The van der Waals surface area contributed by atoms with Crippen LogP contribution in [0.4, 0.5) is 4.39 Å². The van der Waals surface area contributed by atoms with Crippen molar-refractivity contribution < 1.29 is 13.9 Å². The Kier molecular flexibility index (Phi) is 3.95. The Morgan fingerprint density at radius 1 is 1.44 bits per heavy atom. The van der Waals surface area contributed by atoms with Crippen molar-refractivity contribution in [2.24, 2.45) is 0 Å². The third-order valence-corrected chi connectivity index (χ3v) is 3.35. The fourth-order valence-corrected chi connectivity index (χ4v) is 2.24. The predicted molar refractivity (Wildman–Crippen MR) is 72.7 cm³/mol. The van der Waals surface area contributed by atoms with E-state index in [1.807, 2.05) is 22.6 Å². The molecule has 0 amide bonds. The van der Waals surface area contributed by atoms with Crippen molar-refractivity contribution in [2.45, 2.75) is 6.92 Å². The Balaban J connectivity index is 2.36. The molecule has 1 aromatic carbocycles. The minimum Gasteiger partial charge on any atom is -0.461 e. The van der Waals surface area contributed by atoms with Crippen LogP contribution >= 0.6 is 22.6 Å². The topological polar surface area (TPSA) is 55.0 Å². The van der Waals surface area contributed by atoms with Gasteiger partial charge in [-0.15, -0.1) is 0 Å². The third kappa shape index (κ3) is 2.53. The van der Waals surface area contributed by atoms with Gasteiger partial charge in [-0.05, 0) is 53.8 Å². The van der Waals surface area contributed by atoms with E-state index in [1.54, 1.807) is 19.1 Å². The van der Waals surface area contributed by atoms with Crippen LogP contribution < -0.4 is 0 Å². The first kappa shape index (κ1) is 13.0. The number of benzene rings is 1. The van der Waals surface area contributed by atoms with E-state index in [-0.39, 0.29) is 5.82 Å². The maximum Gasteiger partial charge on any atom is 0.357 e. The second-order valence-corrected chi connectivity index (χ2v) is 4.57. The van der Waals surface area contributed by atoms with Gasteiger partial charge in [-0.1, -0.05) is 0 Å². The van der Waals surface area contributed by atoms with Crippen LogP contribution in [0.5, 0.6) is 0 Å². The molecule has 0 saturated carbocycles. The minimum atomic E-state index is -0.442. The average Bonchev–Trinajstić information content (AvgIpc) is 2.73. The number of H-pyrrole nitrogens is 1. The van der Waals surface area contributed by atoms with Gasteiger partial charge < -0.3 is 4.74 Å². The van der Waals surface area contributed by atoms with Crippen LogP contribution in [0.1, 0.15) is 17.4 Å². The van der Waals surface area contributed by atoms with Crippen LogP contribution in [0.25, 0.3) is 11.3 Å². The lowest BCUT2D eigenvalue weighted by Gasteiger charge is -2.00. The van der Waals surface area contributed by atoms with Crippen molar-refractivity contribution in [2.75, 3.05) is 6.61 Å². The van der Waals surface area contributed by atoms with Gasteiger partial charge in [0.1, 0.15) is 11.5 Å². The second kappa shape index (κ2) is 5.47. The lowest BCUT2D eigenvalue weighted by Crippen LogP contribution is -2.06. The summed E-state index contributed by atoms with van der Waals surface area (Å²) in [6.07, 6.45) is 0. The van der Waals surface area contributed by atoms with E-state index >= 15 is 0 Å². The number of hydrogen-bond acceptors (Lipinski definition) is 3. The second-order valence-electron chi connectivity index (χ2n) is 3.49. The lowest BCUT2D eigenvalue weighted by atomic mass is 10.1. The number of nitrogens with zero attached hydrogens (tertiary/aromatic N) is 1. The van der Waals surface area contributed by atoms with Crippen LogP contribution in [-0.2, 0) is 4.74 Å². The molecular weight excluding hydrogens is 350 g/mol. The molecule has 1 N–H and O–H groups in total. The van der Waals surface area contributed by atoms with E-state index < -0.39 is 5.97 Å². The number of ether oxygens (including phenoxy) is 1. The number of rotatable bonds is 3. The van der Waals surface area contributed by atoms with Gasteiger partial charge in [0.25, 0.3) is 0 Å². The molecule has 6 heteroatoms. The van der Waals surface area contributed by atoms with Gasteiger partial charge in [0, 0.05) is 5.56 Å². The standard InChI is InChI=1S/C12H10FIN2O2/c1-2-18-12(17)11-9(14)10(15-16-11)7-3-5-8(13)6-4-7/h3-6H,2H2,1H3,(H,15,16). The van der Waals surface area contributed by atoms with Gasteiger partial charge >= 0.3 is 5.97 Å². The highest BCUT2D eigenvalue weighted by Gasteiger charge is 2.18. The summed E-state index contributed by atoms with van der Waals surface area (Å²) in [5.41, 5.74) is 1.67. The number of halogens is 2. The van der Waals surface area contributed by atoms with Crippen molar-refractivity contribution in [1.82, 2.24) is 10.2 Å². The predicted octanol–water partition coefficient (Wildman–Crippen LogP) is 3.00. The largest absolute Gasteiger partial charge is 0.461 e. The highest BCUT2D eigenvalue weighted by atomic mass is 127. The molecule has 0 radical (unpaired) electrons. The molecule has 2 aromatic rings. The number of hydrogen-bond donors (Lipinski definition) is 1. The molecule has 0 saturated heterocycles. The van der Waals surface area contributed by atoms with Crippen molar-refractivity contribution in [3.05, 3.63) is 39.3 Å². The Bertz CT molecular complexity index is 566. The maximum absolute atomic E-state index is 12.8. The van der Waals surface area contributed by atoms with Crippen molar-refractivity contribution in [1.29, 1.82) is 0 Å². The summed E-state index contributed by atoms with van der Waals surface area (Å²) in [5.74, 6) is -0.752. The van der Waals surface area contributed by atoms with Crippen molar-refractivity contribution in [3.63, 3.8) is 0 Å². The molecule has 0 aliphatic carbocycles. The zero-order valence-electron chi connectivity index (χ0n) is 9.54.